The second kappa shape index (κ2) is 10.2. The summed E-state index contributed by atoms with van der Waals surface area (Å²) < 4.78 is 14.8. The first-order chi connectivity index (χ1) is 17.9. The molecule has 2 aromatic carbocycles. The lowest BCUT2D eigenvalue weighted by Crippen LogP contribution is -2.64. The van der Waals surface area contributed by atoms with E-state index in [9.17, 15) is 18.8 Å². The van der Waals surface area contributed by atoms with Crippen molar-refractivity contribution in [3.63, 3.8) is 0 Å². The molecule has 1 saturated carbocycles. The Morgan fingerprint density at radius 3 is 2.49 bits per heavy atom. The van der Waals surface area contributed by atoms with Gasteiger partial charge in [0.05, 0.1) is 12.9 Å². The van der Waals surface area contributed by atoms with E-state index in [0.29, 0.717) is 6.54 Å². The number of carbonyl (C=O) groups excluding carboxylic acids is 3. The summed E-state index contributed by atoms with van der Waals surface area (Å²) in [4.78, 5) is 45.9. The second-order valence-corrected chi connectivity index (χ2v) is 9.90. The Morgan fingerprint density at radius 1 is 1.05 bits per heavy atom. The van der Waals surface area contributed by atoms with Crippen LogP contribution in [0.25, 0.3) is 0 Å². The summed E-state index contributed by atoms with van der Waals surface area (Å²) in [5.74, 6) is -1.40. The Kier molecular flexibility index (Phi) is 6.78. The van der Waals surface area contributed by atoms with E-state index in [1.807, 2.05) is 30.3 Å². The van der Waals surface area contributed by atoms with Crippen molar-refractivity contribution in [1.29, 1.82) is 0 Å². The van der Waals surface area contributed by atoms with Crippen LogP contribution in [0.5, 0.6) is 0 Å². The second-order valence-electron chi connectivity index (χ2n) is 9.90. The standard InChI is InChI=1S/C28H30FN5O3/c1-28(27(37)31-16-20-9-11-21(29)12-10-20)17-33-18-32-23(24(33)26(36)34(28)22-13-14-22)25(35)30-15-5-8-19-6-3-2-4-7-19/h2-4,6-7,9-12,18,22H,5,8,13-17H2,1H3,(H,30,35)(H,31,37). The Bertz CT molecular complexity index is 1300. The lowest BCUT2D eigenvalue weighted by atomic mass is 9.93. The van der Waals surface area contributed by atoms with Crippen molar-refractivity contribution in [3.05, 3.63) is 89.3 Å². The molecular formula is C28H30FN5O3. The van der Waals surface area contributed by atoms with Crippen LogP contribution in [0, 0.1) is 5.82 Å². The first-order valence-corrected chi connectivity index (χ1v) is 12.6. The first kappa shape index (κ1) is 24.7. The van der Waals surface area contributed by atoms with Crippen LogP contribution in [0.1, 0.15) is 58.3 Å². The summed E-state index contributed by atoms with van der Waals surface area (Å²) >= 11 is 0. The molecule has 2 heterocycles. The zero-order valence-electron chi connectivity index (χ0n) is 20.7. The zero-order chi connectivity index (χ0) is 26.0. The molecule has 0 bridgehead atoms. The molecular weight excluding hydrogens is 473 g/mol. The van der Waals surface area contributed by atoms with E-state index in [4.69, 9.17) is 0 Å². The largest absolute Gasteiger partial charge is 0.351 e. The summed E-state index contributed by atoms with van der Waals surface area (Å²) in [5, 5.41) is 5.78. The highest BCUT2D eigenvalue weighted by molar-refractivity contribution is 6.07. The number of benzene rings is 2. The molecule has 37 heavy (non-hydrogen) atoms. The number of rotatable bonds is 9. The highest BCUT2D eigenvalue weighted by atomic mass is 19.1. The van der Waals surface area contributed by atoms with E-state index in [1.165, 1.54) is 24.0 Å². The van der Waals surface area contributed by atoms with Gasteiger partial charge < -0.3 is 20.1 Å². The summed E-state index contributed by atoms with van der Waals surface area (Å²) in [7, 11) is 0. The number of fused-ring (bicyclic) bond motifs is 1. The predicted octanol–water partition coefficient (Wildman–Crippen LogP) is 3.08. The fourth-order valence-electron chi connectivity index (χ4n) is 4.92. The monoisotopic (exact) mass is 503 g/mol. The summed E-state index contributed by atoms with van der Waals surface area (Å²) in [6, 6.07) is 15.9. The minimum atomic E-state index is -1.14. The highest BCUT2D eigenvalue weighted by Crippen LogP contribution is 2.38. The maximum atomic E-state index is 13.7. The van der Waals surface area contributed by atoms with Crippen molar-refractivity contribution in [1.82, 2.24) is 25.1 Å². The number of aromatic nitrogens is 2. The third-order valence-electron chi connectivity index (χ3n) is 7.02. The number of aryl methyl sites for hydroxylation is 1. The molecule has 192 valence electrons. The molecule has 2 aliphatic rings. The van der Waals surface area contributed by atoms with Crippen LogP contribution in [0.3, 0.4) is 0 Å². The minimum absolute atomic E-state index is 0.0560. The van der Waals surface area contributed by atoms with Gasteiger partial charge >= 0.3 is 0 Å². The van der Waals surface area contributed by atoms with Gasteiger partial charge in [0, 0.05) is 19.1 Å². The van der Waals surface area contributed by atoms with Crippen LogP contribution in [-0.2, 0) is 24.3 Å². The number of amides is 3. The van der Waals surface area contributed by atoms with Crippen molar-refractivity contribution >= 4 is 17.7 Å². The average molecular weight is 504 g/mol. The van der Waals surface area contributed by atoms with Gasteiger partial charge in [-0.2, -0.15) is 0 Å². The van der Waals surface area contributed by atoms with Gasteiger partial charge in [0.15, 0.2) is 5.69 Å². The lowest BCUT2D eigenvalue weighted by Gasteiger charge is -2.44. The molecule has 1 aliphatic heterocycles. The fraction of sp³-hybridized carbons (Fsp3) is 0.357. The number of hydrogen-bond donors (Lipinski definition) is 2. The lowest BCUT2D eigenvalue weighted by molar-refractivity contribution is -0.133. The van der Waals surface area contributed by atoms with Gasteiger partial charge in [0.2, 0.25) is 5.91 Å². The molecule has 2 N–H and O–H groups in total. The van der Waals surface area contributed by atoms with E-state index in [2.05, 4.69) is 15.6 Å². The highest BCUT2D eigenvalue weighted by Gasteiger charge is 2.53. The number of hydrogen-bond acceptors (Lipinski definition) is 4. The van der Waals surface area contributed by atoms with Gasteiger partial charge in [-0.1, -0.05) is 42.5 Å². The molecule has 1 unspecified atom stereocenters. The minimum Gasteiger partial charge on any atom is -0.351 e. The Labute approximate surface area is 214 Å². The van der Waals surface area contributed by atoms with Crippen LogP contribution in [0.15, 0.2) is 60.9 Å². The van der Waals surface area contributed by atoms with Gasteiger partial charge in [0.25, 0.3) is 11.8 Å². The quantitative estimate of drug-likeness (QED) is 0.439. The van der Waals surface area contributed by atoms with E-state index >= 15 is 0 Å². The maximum absolute atomic E-state index is 13.7. The van der Waals surface area contributed by atoms with E-state index in [1.54, 1.807) is 28.5 Å². The summed E-state index contributed by atoms with van der Waals surface area (Å²) in [6.07, 6.45) is 4.67. The van der Waals surface area contributed by atoms with E-state index < -0.39 is 11.4 Å². The fourth-order valence-corrected chi connectivity index (χ4v) is 4.92. The smallest absolute Gasteiger partial charge is 0.274 e. The normalized spacial score (nSPS) is 18.9. The SMILES string of the molecule is CC1(C(=O)NCc2ccc(F)cc2)Cn2cnc(C(=O)NCCCc3ccccc3)c2C(=O)N1C1CC1. The Balaban J connectivity index is 1.28. The number of nitrogens with zero attached hydrogens (tertiary/aromatic N) is 3. The molecule has 9 heteroatoms. The Morgan fingerprint density at radius 2 is 1.78 bits per heavy atom. The van der Waals surface area contributed by atoms with Gasteiger partial charge in [-0.15, -0.1) is 0 Å². The summed E-state index contributed by atoms with van der Waals surface area (Å²) in [6.45, 7) is 2.61. The molecule has 3 aromatic rings. The molecule has 5 rings (SSSR count). The van der Waals surface area contributed by atoms with Crippen LogP contribution >= 0.6 is 0 Å². The van der Waals surface area contributed by atoms with Crippen molar-refractivity contribution in [2.75, 3.05) is 6.54 Å². The number of imidazole rings is 1. The van der Waals surface area contributed by atoms with Crippen LogP contribution in [0.2, 0.25) is 0 Å². The number of nitrogens with one attached hydrogen (secondary N) is 2. The number of halogens is 1. The van der Waals surface area contributed by atoms with Crippen molar-refractivity contribution < 1.29 is 18.8 Å². The summed E-state index contributed by atoms with van der Waals surface area (Å²) in [5.41, 5.74) is 1.12. The molecule has 1 atom stereocenters. The first-order valence-electron chi connectivity index (χ1n) is 12.6. The third kappa shape index (κ3) is 5.12. The molecule has 0 radical (unpaired) electrons. The Hall–Kier alpha value is -4.01. The van der Waals surface area contributed by atoms with Gasteiger partial charge in [-0.05, 0) is 55.9 Å². The number of carbonyl (C=O) groups is 3. The predicted molar refractivity (Wildman–Crippen MR) is 135 cm³/mol. The third-order valence-corrected chi connectivity index (χ3v) is 7.02. The van der Waals surface area contributed by atoms with Crippen molar-refractivity contribution in [3.8, 4) is 0 Å². The van der Waals surface area contributed by atoms with Gasteiger partial charge in [-0.3, -0.25) is 14.4 Å². The molecule has 3 amide bonds. The molecule has 1 aliphatic carbocycles. The molecule has 1 fully saturated rings. The van der Waals surface area contributed by atoms with E-state index in [-0.39, 0.29) is 48.2 Å². The van der Waals surface area contributed by atoms with Crippen molar-refractivity contribution in [2.45, 2.75) is 57.3 Å². The van der Waals surface area contributed by atoms with Crippen LogP contribution < -0.4 is 10.6 Å². The van der Waals surface area contributed by atoms with Gasteiger partial charge in [0.1, 0.15) is 17.1 Å². The molecule has 1 aromatic heterocycles. The molecule has 0 saturated heterocycles. The van der Waals surface area contributed by atoms with Crippen LogP contribution in [0.4, 0.5) is 4.39 Å². The van der Waals surface area contributed by atoms with Gasteiger partial charge in [-0.25, -0.2) is 9.37 Å². The molecule has 0 spiro atoms. The topological polar surface area (TPSA) is 96.3 Å². The average Bonchev–Trinajstić information content (AvgIpc) is 3.64. The molecule has 8 nitrogen and oxygen atoms in total. The van der Waals surface area contributed by atoms with Crippen LogP contribution in [-0.4, -0.2) is 50.3 Å². The zero-order valence-corrected chi connectivity index (χ0v) is 20.7. The van der Waals surface area contributed by atoms with Crippen molar-refractivity contribution in [2.24, 2.45) is 0 Å². The van der Waals surface area contributed by atoms with E-state index in [0.717, 1.165) is 31.2 Å². The maximum Gasteiger partial charge on any atom is 0.274 e.